The van der Waals surface area contributed by atoms with E-state index in [1.165, 1.54) is 49.0 Å². The van der Waals surface area contributed by atoms with E-state index < -0.39 is 0 Å². The van der Waals surface area contributed by atoms with Gasteiger partial charge in [0, 0.05) is 38.2 Å². The van der Waals surface area contributed by atoms with E-state index in [-0.39, 0.29) is 0 Å². The molecule has 52 heavy (non-hydrogen) atoms. The van der Waals surface area contributed by atoms with Crippen molar-refractivity contribution in [2.45, 2.75) is 0 Å². The van der Waals surface area contributed by atoms with E-state index >= 15 is 0 Å². The molecule has 3 aromatic heterocycles. The maximum atomic E-state index is 5.34. The number of hydrogen-bond donors (Lipinski definition) is 0. The van der Waals surface area contributed by atoms with Gasteiger partial charge in [-0.3, -0.25) is 4.57 Å². The Morgan fingerprint density at radius 1 is 0.346 bits per heavy atom. The quantitative estimate of drug-likeness (QED) is 0.188. The standard InChI is InChI=1S/C48H30N4/c1-3-15-31(16-4-1)39-28-34(27-33-19-7-8-20-35(33)39)51-43-25-13-10-21-36(43)40-29-41-37-22-11-14-26-44(37)52(46(41)30-45(40)51)48-49-42-24-12-9-23-38(42)47(50-48)32-17-5-2-6-18-32/h1-30H. The van der Waals surface area contributed by atoms with Crippen LogP contribution >= 0.6 is 0 Å². The molecule has 0 fully saturated rings. The van der Waals surface area contributed by atoms with Gasteiger partial charge in [0.25, 0.3) is 0 Å². The molecule has 0 saturated heterocycles. The molecular formula is C48H30N4. The third kappa shape index (κ3) is 4.28. The fraction of sp³-hybridized carbons (Fsp3) is 0. The largest absolute Gasteiger partial charge is 0.309 e. The first kappa shape index (κ1) is 28.8. The van der Waals surface area contributed by atoms with Crippen LogP contribution < -0.4 is 0 Å². The summed E-state index contributed by atoms with van der Waals surface area (Å²) in [4.78, 5) is 10.6. The fourth-order valence-electron chi connectivity index (χ4n) is 8.19. The summed E-state index contributed by atoms with van der Waals surface area (Å²) in [5, 5.41) is 8.26. The van der Waals surface area contributed by atoms with E-state index in [2.05, 4.69) is 185 Å². The van der Waals surface area contributed by atoms with Crippen LogP contribution in [0.3, 0.4) is 0 Å². The molecule has 0 unspecified atom stereocenters. The summed E-state index contributed by atoms with van der Waals surface area (Å²) < 4.78 is 4.68. The molecule has 0 atom stereocenters. The third-order valence-electron chi connectivity index (χ3n) is 10.5. The summed E-state index contributed by atoms with van der Waals surface area (Å²) in [5.41, 5.74) is 10.9. The number of fused-ring (bicyclic) bond motifs is 8. The molecule has 0 N–H and O–H groups in total. The van der Waals surface area contributed by atoms with Gasteiger partial charge in [-0.25, -0.2) is 9.97 Å². The van der Waals surface area contributed by atoms with Gasteiger partial charge in [-0.2, -0.15) is 0 Å². The molecule has 3 heterocycles. The molecule has 11 aromatic rings. The highest BCUT2D eigenvalue weighted by Crippen LogP contribution is 2.41. The van der Waals surface area contributed by atoms with Crippen molar-refractivity contribution >= 4 is 65.3 Å². The maximum absolute atomic E-state index is 5.34. The van der Waals surface area contributed by atoms with Crippen LogP contribution in [-0.4, -0.2) is 19.1 Å². The first-order valence-corrected chi connectivity index (χ1v) is 17.7. The monoisotopic (exact) mass is 662 g/mol. The van der Waals surface area contributed by atoms with Crippen LogP contribution in [-0.2, 0) is 0 Å². The normalized spacial score (nSPS) is 11.8. The Morgan fingerprint density at radius 2 is 0.904 bits per heavy atom. The summed E-state index contributed by atoms with van der Waals surface area (Å²) in [6.07, 6.45) is 0. The summed E-state index contributed by atoms with van der Waals surface area (Å²) >= 11 is 0. The molecule has 0 bridgehead atoms. The second-order valence-corrected chi connectivity index (χ2v) is 13.4. The highest BCUT2D eigenvalue weighted by molar-refractivity contribution is 6.19. The van der Waals surface area contributed by atoms with E-state index in [9.17, 15) is 0 Å². The van der Waals surface area contributed by atoms with Gasteiger partial charge in [0.1, 0.15) is 0 Å². The first-order chi connectivity index (χ1) is 25.8. The minimum Gasteiger partial charge on any atom is -0.309 e. The van der Waals surface area contributed by atoms with Crippen molar-refractivity contribution in [3.05, 3.63) is 182 Å². The van der Waals surface area contributed by atoms with Crippen LogP contribution in [0.4, 0.5) is 0 Å². The Labute approximate surface area is 299 Å². The number of hydrogen-bond acceptors (Lipinski definition) is 2. The van der Waals surface area contributed by atoms with Crippen molar-refractivity contribution < 1.29 is 0 Å². The number of nitrogens with zero attached hydrogens (tertiary/aromatic N) is 4. The maximum Gasteiger partial charge on any atom is 0.235 e. The van der Waals surface area contributed by atoms with Crippen LogP contribution in [0.5, 0.6) is 0 Å². The predicted octanol–water partition coefficient (Wildman–Crippen LogP) is 12.3. The topological polar surface area (TPSA) is 35.6 Å². The van der Waals surface area contributed by atoms with E-state index in [1.807, 2.05) is 6.07 Å². The van der Waals surface area contributed by atoms with Crippen LogP contribution in [0.25, 0.3) is 99.3 Å². The molecule has 0 aliphatic carbocycles. The zero-order chi connectivity index (χ0) is 34.2. The lowest BCUT2D eigenvalue weighted by Crippen LogP contribution is -2.03. The number of benzene rings is 8. The highest BCUT2D eigenvalue weighted by atomic mass is 15.2. The average Bonchev–Trinajstić information content (AvgIpc) is 3.71. The Morgan fingerprint density at radius 3 is 1.63 bits per heavy atom. The molecule has 242 valence electrons. The Hall–Kier alpha value is -7.04. The molecular weight excluding hydrogens is 633 g/mol. The molecule has 11 rings (SSSR count). The van der Waals surface area contributed by atoms with Gasteiger partial charge in [-0.1, -0.05) is 140 Å². The van der Waals surface area contributed by atoms with Crippen LogP contribution in [0.2, 0.25) is 0 Å². The molecule has 4 nitrogen and oxygen atoms in total. The SMILES string of the molecule is c1ccc(-c2cc(-n3c4ccccc4c4cc5c6ccccc6n(-c6nc(-c7ccccc7)c7ccccc7n6)c5cc43)cc3ccccc23)cc1. The van der Waals surface area contributed by atoms with Crippen molar-refractivity contribution in [2.24, 2.45) is 0 Å². The molecule has 0 radical (unpaired) electrons. The van der Waals surface area contributed by atoms with Crippen LogP contribution in [0, 0.1) is 0 Å². The predicted molar refractivity (Wildman–Crippen MR) is 217 cm³/mol. The Kier molecular flexibility index (Phi) is 6.22. The lowest BCUT2D eigenvalue weighted by molar-refractivity contribution is 1.01. The third-order valence-corrected chi connectivity index (χ3v) is 10.5. The molecule has 0 aliphatic rings. The second-order valence-electron chi connectivity index (χ2n) is 13.4. The van der Waals surface area contributed by atoms with Crippen LogP contribution in [0.1, 0.15) is 0 Å². The molecule has 0 aliphatic heterocycles. The van der Waals surface area contributed by atoms with Gasteiger partial charge in [0.2, 0.25) is 5.95 Å². The lowest BCUT2D eigenvalue weighted by Gasteiger charge is -2.14. The van der Waals surface area contributed by atoms with Gasteiger partial charge in [0.15, 0.2) is 0 Å². The Balaban J connectivity index is 1.26. The molecule has 0 spiro atoms. The highest BCUT2D eigenvalue weighted by Gasteiger charge is 2.21. The minimum absolute atomic E-state index is 0.655. The van der Waals surface area contributed by atoms with Crippen molar-refractivity contribution in [3.63, 3.8) is 0 Å². The summed E-state index contributed by atoms with van der Waals surface area (Å²) in [6, 6.07) is 64.9. The van der Waals surface area contributed by atoms with Gasteiger partial charge in [-0.15, -0.1) is 0 Å². The van der Waals surface area contributed by atoms with Crippen molar-refractivity contribution in [1.29, 1.82) is 0 Å². The van der Waals surface area contributed by atoms with Gasteiger partial charge >= 0.3 is 0 Å². The summed E-state index contributed by atoms with van der Waals surface area (Å²) in [7, 11) is 0. The van der Waals surface area contributed by atoms with Crippen LogP contribution in [0.15, 0.2) is 182 Å². The zero-order valence-electron chi connectivity index (χ0n) is 28.1. The van der Waals surface area contributed by atoms with Crippen molar-refractivity contribution in [2.75, 3.05) is 0 Å². The molecule has 4 heteroatoms. The average molecular weight is 663 g/mol. The number of para-hydroxylation sites is 3. The molecule has 0 amide bonds. The summed E-state index contributed by atoms with van der Waals surface area (Å²) in [6.45, 7) is 0. The summed E-state index contributed by atoms with van der Waals surface area (Å²) in [5.74, 6) is 0.655. The van der Waals surface area contributed by atoms with Crippen molar-refractivity contribution in [3.8, 4) is 34.0 Å². The van der Waals surface area contributed by atoms with Gasteiger partial charge < -0.3 is 4.57 Å². The van der Waals surface area contributed by atoms with E-state index in [4.69, 9.17) is 9.97 Å². The van der Waals surface area contributed by atoms with E-state index in [0.29, 0.717) is 5.95 Å². The number of aromatic nitrogens is 4. The first-order valence-electron chi connectivity index (χ1n) is 17.7. The molecule has 8 aromatic carbocycles. The number of rotatable bonds is 4. The second kappa shape index (κ2) is 11.2. The lowest BCUT2D eigenvalue weighted by atomic mass is 9.97. The fourth-order valence-corrected chi connectivity index (χ4v) is 8.19. The molecule has 0 saturated carbocycles. The van der Waals surface area contributed by atoms with E-state index in [1.54, 1.807) is 0 Å². The minimum atomic E-state index is 0.655. The zero-order valence-corrected chi connectivity index (χ0v) is 28.1. The van der Waals surface area contributed by atoms with Gasteiger partial charge in [-0.05, 0) is 64.4 Å². The van der Waals surface area contributed by atoms with E-state index in [0.717, 1.165) is 44.4 Å². The van der Waals surface area contributed by atoms with Crippen molar-refractivity contribution in [1.82, 2.24) is 19.1 Å². The van der Waals surface area contributed by atoms with Gasteiger partial charge in [0.05, 0.1) is 33.3 Å². The Bertz CT molecular complexity index is 2960. The smallest absolute Gasteiger partial charge is 0.235 e.